The average molecular weight is 130 g/mol. The minimum Gasteiger partial charge on any atom is -0.302 e. The molecule has 0 fully saturated rings. The van der Waals surface area contributed by atoms with Crippen LogP contribution >= 0.6 is 20.7 Å². The summed E-state index contributed by atoms with van der Waals surface area (Å²) in [5.41, 5.74) is 0. The van der Waals surface area contributed by atoms with Crippen molar-refractivity contribution >= 4 is 20.7 Å². The summed E-state index contributed by atoms with van der Waals surface area (Å²) >= 11 is 2.84. The molecule has 0 aromatic heterocycles. The zero-order valence-electron chi connectivity index (χ0n) is 2.61. The first kappa shape index (κ1) is 6.46. The van der Waals surface area contributed by atoms with E-state index in [0.29, 0.717) is 0 Å². The quantitative estimate of drug-likeness (QED) is 0.264. The monoisotopic (exact) mass is 130 g/mol. The van der Waals surface area contributed by atoms with E-state index in [9.17, 15) is 4.57 Å². The highest BCUT2D eigenvalue weighted by atomic mass is 32.1. The Morgan fingerprint density at radius 1 is 1.67 bits per heavy atom. The highest BCUT2D eigenvalue weighted by Crippen LogP contribution is 2.36. The molecule has 38 valence electrons. The van der Waals surface area contributed by atoms with Gasteiger partial charge in [-0.25, -0.2) is 8.54 Å². The summed E-state index contributed by atoms with van der Waals surface area (Å²) in [6.45, 7) is 0. The smallest absolute Gasteiger partial charge is 0.302 e. The molecule has 2 N–H and O–H groups in total. The van der Waals surface area contributed by atoms with E-state index in [1.165, 1.54) is 0 Å². The minimum absolute atomic E-state index is 2.84. The Bertz CT molecular complexity index is 71.6. The molecule has 6 heteroatoms. The van der Waals surface area contributed by atoms with Crippen LogP contribution in [0.5, 0.6) is 0 Å². The predicted octanol–water partition coefficient (Wildman–Crippen LogP) is -0.0595. The molecular weight excluding hydrogens is 127 g/mol. The third-order valence-corrected chi connectivity index (χ3v) is 0.957. The molecule has 0 saturated carbocycles. The van der Waals surface area contributed by atoms with Gasteiger partial charge in [0.25, 0.3) is 0 Å². The van der Waals surface area contributed by atoms with E-state index in [2.05, 4.69) is 16.9 Å². The predicted molar refractivity (Wildman–Crippen MR) is 22.1 cm³/mol. The summed E-state index contributed by atoms with van der Waals surface area (Å²) in [6.07, 6.45) is 0. The van der Waals surface area contributed by atoms with E-state index in [4.69, 9.17) is 9.79 Å². The van der Waals surface area contributed by atoms with Crippen molar-refractivity contribution in [3.8, 4) is 0 Å². The summed E-state index contributed by atoms with van der Waals surface area (Å²) in [7, 11) is -4.28. The first-order valence-electron chi connectivity index (χ1n) is 0.948. The van der Waals surface area contributed by atoms with Crippen LogP contribution in [0.15, 0.2) is 0 Å². The van der Waals surface area contributed by atoms with Crippen molar-refractivity contribution in [2.45, 2.75) is 0 Å². The third-order valence-electron chi connectivity index (χ3n) is 0.106. The van der Waals surface area contributed by atoms with E-state index in [1.54, 1.807) is 0 Å². The summed E-state index contributed by atoms with van der Waals surface area (Å²) in [5.74, 6) is 0. The van der Waals surface area contributed by atoms with Gasteiger partial charge in [0, 0.05) is 0 Å². The van der Waals surface area contributed by atoms with Crippen molar-refractivity contribution in [1.82, 2.24) is 0 Å². The van der Waals surface area contributed by atoms with Crippen LogP contribution in [0, 0.1) is 0 Å². The van der Waals surface area contributed by atoms with Crippen molar-refractivity contribution in [3.63, 3.8) is 0 Å². The standard InChI is InChI=1S/H3O4PS/c1-5(2,3)4-6/h6H,(H2,1,2,3). The summed E-state index contributed by atoms with van der Waals surface area (Å²) < 4.78 is 12.7. The van der Waals surface area contributed by atoms with Gasteiger partial charge in [-0.15, -0.1) is 0 Å². The van der Waals surface area contributed by atoms with E-state index < -0.39 is 7.82 Å². The number of hydrogen-bond donors (Lipinski definition) is 3. The first-order valence-corrected chi connectivity index (χ1v) is 2.84. The molecule has 0 rings (SSSR count). The van der Waals surface area contributed by atoms with Gasteiger partial charge in [-0.3, -0.25) is 0 Å². The summed E-state index contributed by atoms with van der Waals surface area (Å²) in [4.78, 5) is 15.3. The van der Waals surface area contributed by atoms with Crippen LogP contribution in [-0.2, 0) is 8.54 Å². The maximum Gasteiger partial charge on any atom is 0.480 e. The van der Waals surface area contributed by atoms with Crippen LogP contribution in [0.4, 0.5) is 0 Å². The van der Waals surface area contributed by atoms with E-state index in [1.807, 2.05) is 0 Å². The topological polar surface area (TPSA) is 66.8 Å². The van der Waals surface area contributed by atoms with Crippen LogP contribution in [0.1, 0.15) is 0 Å². The van der Waals surface area contributed by atoms with Crippen molar-refractivity contribution in [2.24, 2.45) is 0 Å². The maximum absolute atomic E-state index is 9.40. The lowest BCUT2D eigenvalue weighted by molar-refractivity contribution is 0.300. The Morgan fingerprint density at radius 3 is 1.83 bits per heavy atom. The molecule has 0 saturated heterocycles. The molecule has 0 bridgehead atoms. The molecule has 0 amide bonds. The van der Waals surface area contributed by atoms with Crippen LogP contribution in [0.2, 0.25) is 0 Å². The minimum atomic E-state index is -4.28. The van der Waals surface area contributed by atoms with Crippen molar-refractivity contribution in [1.29, 1.82) is 0 Å². The van der Waals surface area contributed by atoms with Gasteiger partial charge in [0.1, 0.15) is 0 Å². The maximum atomic E-state index is 9.40. The van der Waals surface area contributed by atoms with Crippen LogP contribution in [-0.4, -0.2) is 9.79 Å². The second-order valence-electron chi connectivity index (χ2n) is 0.572. The largest absolute Gasteiger partial charge is 0.480 e. The Hall–Kier alpha value is 0.460. The fraction of sp³-hybridized carbons (Fsp3) is 0. The molecule has 6 heavy (non-hydrogen) atoms. The first-order chi connectivity index (χ1) is 2.56. The third kappa shape index (κ3) is 4.46. The second kappa shape index (κ2) is 1.95. The molecule has 0 aliphatic rings. The molecule has 0 aliphatic heterocycles. The van der Waals surface area contributed by atoms with E-state index >= 15 is 0 Å². The summed E-state index contributed by atoms with van der Waals surface area (Å²) in [6, 6.07) is 0. The van der Waals surface area contributed by atoms with E-state index in [0.717, 1.165) is 0 Å². The molecule has 0 spiro atoms. The van der Waals surface area contributed by atoms with Gasteiger partial charge in [0.05, 0.1) is 0 Å². The lowest BCUT2D eigenvalue weighted by atomic mass is 15.8. The van der Waals surface area contributed by atoms with Gasteiger partial charge in [-0.2, -0.15) is 0 Å². The number of thiol groups is 1. The fourth-order valence-electron chi connectivity index (χ4n) is 0. The van der Waals surface area contributed by atoms with E-state index in [-0.39, 0.29) is 0 Å². The fourth-order valence-corrected chi connectivity index (χ4v) is 0. The van der Waals surface area contributed by atoms with Crippen LogP contribution in [0.3, 0.4) is 0 Å². The number of phosphoric acid groups is 1. The van der Waals surface area contributed by atoms with Crippen molar-refractivity contribution in [2.75, 3.05) is 0 Å². The second-order valence-corrected chi connectivity index (χ2v) is 2.21. The van der Waals surface area contributed by atoms with Gasteiger partial charge < -0.3 is 9.79 Å². The molecule has 0 atom stereocenters. The van der Waals surface area contributed by atoms with Gasteiger partial charge >= 0.3 is 7.82 Å². The molecule has 0 heterocycles. The SMILES string of the molecule is O=P(O)(O)OS. The van der Waals surface area contributed by atoms with Crippen LogP contribution in [0.25, 0.3) is 0 Å². The lowest BCUT2D eigenvalue weighted by Crippen LogP contribution is -1.70. The normalized spacial score (nSPS) is 11.8. The molecule has 0 aliphatic carbocycles. The van der Waals surface area contributed by atoms with Gasteiger partial charge in [-0.1, -0.05) is 0 Å². The molecular formula is H3O4PS. The Morgan fingerprint density at radius 2 is 1.83 bits per heavy atom. The van der Waals surface area contributed by atoms with Crippen LogP contribution < -0.4 is 0 Å². The van der Waals surface area contributed by atoms with Gasteiger partial charge in [0.2, 0.25) is 0 Å². The highest BCUT2D eigenvalue weighted by Gasteiger charge is 2.08. The van der Waals surface area contributed by atoms with Crippen molar-refractivity contribution < 1.29 is 18.3 Å². The highest BCUT2D eigenvalue weighted by molar-refractivity contribution is 7.80. The average Bonchev–Trinajstić information content (AvgIpc) is 1.35. The Kier molecular flexibility index (Phi) is 2.10. The molecule has 4 nitrogen and oxygen atoms in total. The van der Waals surface area contributed by atoms with Gasteiger partial charge in [0.15, 0.2) is 0 Å². The molecule has 0 radical (unpaired) electrons. The lowest BCUT2D eigenvalue weighted by Gasteiger charge is -1.91. The zero-order valence-corrected chi connectivity index (χ0v) is 4.39. The molecule has 0 aromatic carbocycles. The summed E-state index contributed by atoms with van der Waals surface area (Å²) in [5, 5.41) is 0. The number of rotatable bonds is 1. The van der Waals surface area contributed by atoms with Gasteiger partial charge in [-0.05, 0) is 12.9 Å². The van der Waals surface area contributed by atoms with Crippen molar-refractivity contribution in [3.05, 3.63) is 0 Å². The Balaban J connectivity index is 3.48. The Labute approximate surface area is 40.0 Å². The molecule has 0 aromatic rings. The molecule has 0 unspecified atom stereocenters. The number of hydrogen-bond acceptors (Lipinski definition) is 3. The zero-order chi connectivity index (χ0) is 5.21.